The van der Waals surface area contributed by atoms with Gasteiger partial charge in [-0.05, 0) is 81.3 Å². The maximum atomic E-state index is 13.6. The molecule has 0 spiro atoms. The first-order valence-corrected chi connectivity index (χ1v) is 12.5. The molecule has 2 aromatic heterocycles. The van der Waals surface area contributed by atoms with Gasteiger partial charge in [-0.15, -0.1) is 0 Å². The van der Waals surface area contributed by atoms with Gasteiger partial charge in [0, 0.05) is 22.6 Å². The van der Waals surface area contributed by atoms with Crippen LogP contribution in [0.3, 0.4) is 0 Å². The van der Waals surface area contributed by atoms with E-state index in [9.17, 15) is 13.2 Å². The third-order valence-corrected chi connectivity index (χ3v) is 7.88. The van der Waals surface area contributed by atoms with Gasteiger partial charge >= 0.3 is 0 Å². The zero-order valence-electron chi connectivity index (χ0n) is 19.8. The molecule has 0 aliphatic rings. The van der Waals surface area contributed by atoms with Crippen molar-refractivity contribution < 1.29 is 17.6 Å². The first-order valence-electron chi connectivity index (χ1n) is 11.1. The number of hydrogen-bond acceptors (Lipinski definition) is 4. The maximum Gasteiger partial charge on any atom is 0.243 e. The summed E-state index contributed by atoms with van der Waals surface area (Å²) >= 11 is 0. The lowest BCUT2D eigenvalue weighted by molar-refractivity contribution is 0.0962. The lowest BCUT2D eigenvalue weighted by atomic mass is 10.1. The minimum atomic E-state index is -3.94. The summed E-state index contributed by atoms with van der Waals surface area (Å²) < 4.78 is 35.8. The van der Waals surface area contributed by atoms with Gasteiger partial charge in [0.1, 0.15) is 5.76 Å². The summed E-state index contributed by atoms with van der Waals surface area (Å²) in [4.78, 5) is 13.6. The van der Waals surface area contributed by atoms with Crippen molar-refractivity contribution in [1.82, 2.24) is 8.87 Å². The van der Waals surface area contributed by atoms with Crippen LogP contribution in [-0.2, 0) is 16.6 Å². The molecule has 0 unspecified atom stereocenters. The summed E-state index contributed by atoms with van der Waals surface area (Å²) in [7, 11) is -3.94. The van der Waals surface area contributed by atoms with Crippen LogP contribution in [0.2, 0.25) is 0 Å². The van der Waals surface area contributed by atoms with Crippen LogP contribution in [0.4, 0.5) is 0 Å². The molecular weight excluding hydrogens is 448 g/mol. The molecule has 0 atom stereocenters. The van der Waals surface area contributed by atoms with Crippen LogP contribution in [-0.4, -0.2) is 29.6 Å². The van der Waals surface area contributed by atoms with Crippen molar-refractivity contribution >= 4 is 15.8 Å². The lowest BCUT2D eigenvalue weighted by Gasteiger charge is -2.21. The molecule has 4 aromatic rings. The molecule has 6 nitrogen and oxygen atoms in total. The van der Waals surface area contributed by atoms with Gasteiger partial charge < -0.3 is 8.98 Å². The standard InChI is InChI=1S/C27H28N2O4S/c1-19-12-13-25(15-20(19)2)34(31,32)28(17-24-11-8-14-33-24)18-27(30)26-16-21(3)29(22(26)4)23-9-6-5-7-10-23/h5-16H,17-18H2,1-4H3. The minimum Gasteiger partial charge on any atom is -0.468 e. The van der Waals surface area contributed by atoms with Crippen LogP contribution < -0.4 is 0 Å². The van der Waals surface area contributed by atoms with E-state index in [-0.39, 0.29) is 23.8 Å². The third-order valence-electron chi connectivity index (χ3n) is 6.09. The fourth-order valence-corrected chi connectivity index (χ4v) is 5.54. The molecule has 0 aliphatic heterocycles. The van der Waals surface area contributed by atoms with Crippen molar-refractivity contribution in [2.75, 3.05) is 6.54 Å². The van der Waals surface area contributed by atoms with Gasteiger partial charge in [0.25, 0.3) is 0 Å². The number of benzene rings is 2. The Morgan fingerprint density at radius 2 is 1.65 bits per heavy atom. The highest BCUT2D eigenvalue weighted by Gasteiger charge is 2.29. The molecule has 0 bridgehead atoms. The average molecular weight is 477 g/mol. The Hall–Kier alpha value is -3.42. The zero-order valence-corrected chi connectivity index (χ0v) is 20.6. The SMILES string of the molecule is Cc1ccc(S(=O)(=O)N(CC(=O)c2cc(C)n(-c3ccccc3)c2C)Cc2ccco2)cc1C. The molecule has 0 saturated carbocycles. The molecule has 0 N–H and O–H groups in total. The highest BCUT2D eigenvalue weighted by Crippen LogP contribution is 2.25. The minimum absolute atomic E-state index is 0.0363. The quantitative estimate of drug-likeness (QED) is 0.320. The van der Waals surface area contributed by atoms with Gasteiger partial charge in [0.05, 0.1) is 24.2 Å². The number of ketones is 1. The lowest BCUT2D eigenvalue weighted by Crippen LogP contribution is -2.35. The smallest absolute Gasteiger partial charge is 0.243 e. The highest BCUT2D eigenvalue weighted by molar-refractivity contribution is 7.89. The predicted octanol–water partition coefficient (Wildman–Crippen LogP) is 5.38. The van der Waals surface area contributed by atoms with E-state index in [1.165, 1.54) is 10.6 Å². The number of carbonyl (C=O) groups excluding carboxylic acids is 1. The molecule has 2 aromatic carbocycles. The molecule has 34 heavy (non-hydrogen) atoms. The van der Waals surface area contributed by atoms with Crippen LogP contribution in [0, 0.1) is 27.7 Å². The first kappa shape index (κ1) is 23.7. The summed E-state index contributed by atoms with van der Waals surface area (Å²) in [6, 6.07) is 20.0. The number of rotatable bonds is 8. The van der Waals surface area contributed by atoms with Crippen LogP contribution in [0.1, 0.15) is 38.6 Å². The van der Waals surface area contributed by atoms with Gasteiger partial charge in [-0.25, -0.2) is 8.42 Å². The van der Waals surface area contributed by atoms with Gasteiger partial charge in [-0.2, -0.15) is 4.31 Å². The molecule has 4 rings (SSSR count). The zero-order chi connectivity index (χ0) is 24.5. The van der Waals surface area contributed by atoms with Gasteiger partial charge in [0.15, 0.2) is 5.78 Å². The molecule has 0 amide bonds. The Bertz CT molecular complexity index is 1420. The Morgan fingerprint density at radius 3 is 2.29 bits per heavy atom. The molecule has 0 saturated heterocycles. The van der Waals surface area contributed by atoms with E-state index in [0.717, 1.165) is 28.2 Å². The molecular formula is C27H28N2O4S. The second kappa shape index (κ2) is 9.44. The van der Waals surface area contributed by atoms with E-state index >= 15 is 0 Å². The molecule has 0 radical (unpaired) electrons. The van der Waals surface area contributed by atoms with Crippen molar-refractivity contribution in [3.05, 3.63) is 107 Å². The maximum absolute atomic E-state index is 13.6. The Morgan fingerprint density at radius 1 is 0.912 bits per heavy atom. The van der Waals surface area contributed by atoms with Crippen molar-refractivity contribution in [2.45, 2.75) is 39.1 Å². The summed E-state index contributed by atoms with van der Waals surface area (Å²) in [6.07, 6.45) is 1.49. The number of hydrogen-bond donors (Lipinski definition) is 0. The Labute approximate surface area is 200 Å². The van der Waals surface area contributed by atoms with Gasteiger partial charge in [-0.1, -0.05) is 24.3 Å². The van der Waals surface area contributed by atoms with Crippen molar-refractivity contribution in [3.8, 4) is 5.69 Å². The summed E-state index contributed by atoms with van der Waals surface area (Å²) in [5, 5.41) is 0. The fourth-order valence-electron chi connectivity index (χ4n) is 4.09. The molecule has 0 aliphatic carbocycles. The van der Waals surface area contributed by atoms with E-state index in [4.69, 9.17) is 4.42 Å². The number of Topliss-reactive ketones (excluding diaryl/α,β-unsaturated/α-hetero) is 1. The second-order valence-corrected chi connectivity index (χ2v) is 10.4. The topological polar surface area (TPSA) is 72.5 Å². The number of furan rings is 1. The normalized spacial score (nSPS) is 11.8. The van der Waals surface area contributed by atoms with Crippen LogP contribution in [0.5, 0.6) is 0 Å². The fraction of sp³-hybridized carbons (Fsp3) is 0.222. The van der Waals surface area contributed by atoms with Gasteiger partial charge in [-0.3, -0.25) is 4.79 Å². The average Bonchev–Trinajstić information content (AvgIpc) is 3.43. The van der Waals surface area contributed by atoms with E-state index in [1.54, 1.807) is 30.3 Å². The molecule has 0 fully saturated rings. The summed E-state index contributed by atoms with van der Waals surface area (Å²) in [5.41, 5.74) is 5.00. The highest BCUT2D eigenvalue weighted by atomic mass is 32.2. The van der Waals surface area contributed by atoms with Crippen molar-refractivity contribution in [1.29, 1.82) is 0 Å². The number of sulfonamides is 1. The van der Waals surface area contributed by atoms with Crippen LogP contribution in [0.15, 0.2) is 82.3 Å². The van der Waals surface area contributed by atoms with E-state index < -0.39 is 10.0 Å². The van der Waals surface area contributed by atoms with Gasteiger partial charge in [0.2, 0.25) is 10.0 Å². The van der Waals surface area contributed by atoms with E-state index in [1.807, 2.05) is 68.7 Å². The summed E-state index contributed by atoms with van der Waals surface area (Å²) in [6.45, 7) is 7.28. The largest absolute Gasteiger partial charge is 0.468 e. The molecule has 176 valence electrons. The number of aromatic nitrogens is 1. The van der Waals surface area contributed by atoms with Crippen LogP contribution in [0.25, 0.3) is 5.69 Å². The molecule has 7 heteroatoms. The van der Waals surface area contributed by atoms with Crippen molar-refractivity contribution in [3.63, 3.8) is 0 Å². The number of aryl methyl sites for hydroxylation is 3. The Balaban J connectivity index is 1.70. The first-order chi connectivity index (χ1) is 16.2. The number of carbonyl (C=O) groups is 1. The van der Waals surface area contributed by atoms with E-state index in [2.05, 4.69) is 0 Å². The third kappa shape index (κ3) is 4.62. The van der Waals surface area contributed by atoms with Crippen LogP contribution >= 0.6 is 0 Å². The monoisotopic (exact) mass is 476 g/mol. The molecule has 2 heterocycles. The number of para-hydroxylation sites is 1. The Kier molecular flexibility index (Phi) is 6.59. The number of nitrogens with zero attached hydrogens (tertiary/aromatic N) is 2. The predicted molar refractivity (Wildman–Crippen MR) is 132 cm³/mol. The summed E-state index contributed by atoms with van der Waals surface area (Å²) in [5.74, 6) is 0.198. The van der Waals surface area contributed by atoms with E-state index in [0.29, 0.717) is 11.3 Å². The second-order valence-electron chi connectivity index (χ2n) is 8.48. The van der Waals surface area contributed by atoms with Crippen molar-refractivity contribution in [2.24, 2.45) is 0 Å².